The lowest BCUT2D eigenvalue weighted by molar-refractivity contribution is -0.0504. The molecule has 0 aliphatic heterocycles. The van der Waals surface area contributed by atoms with Gasteiger partial charge in [0, 0.05) is 16.6 Å². The molecule has 6 nitrogen and oxygen atoms in total. The Labute approximate surface area is 162 Å². The molecule has 0 unspecified atom stereocenters. The molecule has 0 saturated heterocycles. The Hall–Kier alpha value is -2.81. The lowest BCUT2D eigenvalue weighted by Crippen LogP contribution is -2.23. The zero-order valence-electron chi connectivity index (χ0n) is 14.0. The van der Waals surface area contributed by atoms with Crippen LogP contribution < -0.4 is 10.1 Å². The summed E-state index contributed by atoms with van der Waals surface area (Å²) in [5.41, 5.74) is 1.57. The third-order valence-corrected chi connectivity index (χ3v) is 4.13. The summed E-state index contributed by atoms with van der Waals surface area (Å²) >= 11 is 3.27. The topological polar surface area (TPSA) is 69.0 Å². The molecule has 9 heteroatoms. The van der Waals surface area contributed by atoms with Gasteiger partial charge in [0.2, 0.25) is 0 Å². The van der Waals surface area contributed by atoms with E-state index >= 15 is 0 Å². The standard InChI is InChI=1S/C18H15BrF2N4O2/c19-14-6-7-16(27-18(20)21)13(8-14)9-22-17(26)15-11-25(24-23-15)10-12-4-2-1-3-5-12/h1-8,11,18H,9-10H2,(H,22,26). The fourth-order valence-electron chi connectivity index (χ4n) is 2.41. The van der Waals surface area contributed by atoms with Crippen molar-refractivity contribution in [1.29, 1.82) is 0 Å². The second kappa shape index (κ2) is 8.72. The Bertz CT molecular complexity index is 919. The molecule has 0 spiro atoms. The van der Waals surface area contributed by atoms with Gasteiger partial charge in [0.15, 0.2) is 5.69 Å². The maximum absolute atomic E-state index is 12.5. The van der Waals surface area contributed by atoms with Crippen LogP contribution in [0, 0.1) is 0 Å². The molecule has 0 saturated carbocycles. The average Bonchev–Trinajstić information content (AvgIpc) is 3.10. The molecule has 1 amide bonds. The molecule has 0 fully saturated rings. The number of ether oxygens (including phenoxy) is 1. The van der Waals surface area contributed by atoms with Crippen LogP contribution in [0.1, 0.15) is 21.6 Å². The van der Waals surface area contributed by atoms with Gasteiger partial charge in [-0.1, -0.05) is 51.5 Å². The van der Waals surface area contributed by atoms with Crippen LogP contribution in [-0.2, 0) is 13.1 Å². The van der Waals surface area contributed by atoms with Gasteiger partial charge in [-0.3, -0.25) is 4.79 Å². The van der Waals surface area contributed by atoms with E-state index in [0.29, 0.717) is 16.6 Å². The smallest absolute Gasteiger partial charge is 0.387 e. The van der Waals surface area contributed by atoms with Gasteiger partial charge in [0.25, 0.3) is 5.91 Å². The first-order valence-electron chi connectivity index (χ1n) is 7.97. The first kappa shape index (κ1) is 19.0. The van der Waals surface area contributed by atoms with E-state index in [1.807, 2.05) is 30.3 Å². The number of nitrogens with one attached hydrogen (secondary N) is 1. The van der Waals surface area contributed by atoms with Crippen LogP contribution in [0.4, 0.5) is 8.78 Å². The van der Waals surface area contributed by atoms with Crippen molar-refractivity contribution in [3.05, 3.63) is 76.0 Å². The minimum atomic E-state index is -2.95. The lowest BCUT2D eigenvalue weighted by Gasteiger charge is -2.11. The van der Waals surface area contributed by atoms with Crippen molar-refractivity contribution in [3.8, 4) is 5.75 Å². The molecule has 140 valence electrons. The van der Waals surface area contributed by atoms with Crippen LogP contribution >= 0.6 is 15.9 Å². The van der Waals surface area contributed by atoms with Gasteiger partial charge < -0.3 is 10.1 Å². The van der Waals surface area contributed by atoms with Crippen LogP contribution in [-0.4, -0.2) is 27.5 Å². The zero-order valence-corrected chi connectivity index (χ0v) is 15.6. The highest BCUT2D eigenvalue weighted by atomic mass is 79.9. The summed E-state index contributed by atoms with van der Waals surface area (Å²) in [6.45, 7) is -2.45. The summed E-state index contributed by atoms with van der Waals surface area (Å²) < 4.78 is 31.7. The van der Waals surface area contributed by atoms with E-state index < -0.39 is 12.5 Å². The van der Waals surface area contributed by atoms with Crippen LogP contribution in [0.15, 0.2) is 59.2 Å². The van der Waals surface area contributed by atoms with Crippen molar-refractivity contribution in [3.63, 3.8) is 0 Å². The molecule has 2 aromatic carbocycles. The Morgan fingerprint density at radius 2 is 2.00 bits per heavy atom. The van der Waals surface area contributed by atoms with Crippen LogP contribution in [0.25, 0.3) is 0 Å². The van der Waals surface area contributed by atoms with Gasteiger partial charge in [-0.05, 0) is 23.8 Å². The summed E-state index contributed by atoms with van der Waals surface area (Å²) in [4.78, 5) is 12.3. The molecule has 0 aliphatic carbocycles. The summed E-state index contributed by atoms with van der Waals surface area (Å²) in [6, 6.07) is 14.2. The average molecular weight is 437 g/mol. The first-order valence-corrected chi connectivity index (χ1v) is 8.76. The van der Waals surface area contributed by atoms with E-state index in [-0.39, 0.29) is 18.0 Å². The molecular formula is C18H15BrF2N4O2. The third-order valence-electron chi connectivity index (χ3n) is 3.64. The highest BCUT2D eigenvalue weighted by molar-refractivity contribution is 9.10. The van der Waals surface area contributed by atoms with E-state index in [0.717, 1.165) is 5.56 Å². The maximum Gasteiger partial charge on any atom is 0.387 e. The number of halogens is 3. The molecule has 3 aromatic rings. The summed E-state index contributed by atoms with van der Waals surface area (Å²) in [5, 5.41) is 10.4. The predicted molar refractivity (Wildman–Crippen MR) is 97.5 cm³/mol. The number of rotatable bonds is 7. The molecule has 1 heterocycles. The largest absolute Gasteiger partial charge is 0.434 e. The normalized spacial score (nSPS) is 10.8. The molecule has 0 atom stereocenters. The van der Waals surface area contributed by atoms with Crippen molar-refractivity contribution in [2.24, 2.45) is 0 Å². The Morgan fingerprint density at radius 1 is 1.22 bits per heavy atom. The third kappa shape index (κ3) is 5.33. The number of nitrogens with zero attached hydrogens (tertiary/aromatic N) is 3. The number of aromatic nitrogens is 3. The van der Waals surface area contributed by atoms with Crippen LogP contribution in [0.5, 0.6) is 5.75 Å². The number of carbonyl (C=O) groups is 1. The fourth-order valence-corrected chi connectivity index (χ4v) is 2.82. The van der Waals surface area contributed by atoms with Crippen molar-refractivity contribution in [1.82, 2.24) is 20.3 Å². The maximum atomic E-state index is 12.5. The Balaban J connectivity index is 1.64. The van der Waals surface area contributed by atoms with E-state index in [4.69, 9.17) is 0 Å². The Morgan fingerprint density at radius 3 is 2.74 bits per heavy atom. The predicted octanol–water partition coefficient (Wildman–Crippen LogP) is 3.62. The molecule has 1 N–H and O–H groups in total. The highest BCUT2D eigenvalue weighted by Gasteiger charge is 2.14. The Kier molecular flexibility index (Phi) is 6.12. The number of hydrogen-bond donors (Lipinski definition) is 1. The van der Waals surface area contributed by atoms with Crippen molar-refractivity contribution in [2.45, 2.75) is 19.7 Å². The lowest BCUT2D eigenvalue weighted by atomic mass is 10.2. The molecule has 0 radical (unpaired) electrons. The van der Waals surface area contributed by atoms with E-state index in [9.17, 15) is 13.6 Å². The number of alkyl halides is 2. The van der Waals surface area contributed by atoms with Crippen molar-refractivity contribution in [2.75, 3.05) is 0 Å². The van der Waals surface area contributed by atoms with E-state index in [1.165, 1.54) is 12.3 Å². The van der Waals surface area contributed by atoms with Gasteiger partial charge in [-0.25, -0.2) is 4.68 Å². The van der Waals surface area contributed by atoms with Gasteiger partial charge in [-0.15, -0.1) is 5.10 Å². The molecule has 27 heavy (non-hydrogen) atoms. The summed E-state index contributed by atoms with van der Waals surface area (Å²) in [6.07, 6.45) is 1.53. The molecule has 0 bridgehead atoms. The van der Waals surface area contributed by atoms with Gasteiger partial charge in [-0.2, -0.15) is 8.78 Å². The first-order chi connectivity index (χ1) is 13.0. The number of carbonyl (C=O) groups excluding carboxylic acids is 1. The summed E-state index contributed by atoms with van der Waals surface area (Å²) in [7, 11) is 0. The van der Waals surface area contributed by atoms with Crippen molar-refractivity contribution >= 4 is 21.8 Å². The van der Waals surface area contributed by atoms with E-state index in [1.54, 1.807) is 16.8 Å². The monoisotopic (exact) mass is 436 g/mol. The molecule has 3 rings (SSSR count). The van der Waals surface area contributed by atoms with Gasteiger partial charge >= 0.3 is 6.61 Å². The second-order valence-electron chi connectivity index (χ2n) is 5.60. The highest BCUT2D eigenvalue weighted by Crippen LogP contribution is 2.24. The molecule has 0 aliphatic rings. The van der Waals surface area contributed by atoms with E-state index in [2.05, 4.69) is 36.3 Å². The fraction of sp³-hybridized carbons (Fsp3) is 0.167. The van der Waals surface area contributed by atoms with Crippen molar-refractivity contribution < 1.29 is 18.3 Å². The summed E-state index contributed by atoms with van der Waals surface area (Å²) in [5.74, 6) is -0.460. The molecule has 1 aromatic heterocycles. The number of hydrogen-bond acceptors (Lipinski definition) is 4. The quantitative estimate of drug-likeness (QED) is 0.613. The van der Waals surface area contributed by atoms with Gasteiger partial charge in [0.05, 0.1) is 12.7 Å². The van der Waals surface area contributed by atoms with Crippen LogP contribution in [0.3, 0.4) is 0 Å². The van der Waals surface area contributed by atoms with Crippen LogP contribution in [0.2, 0.25) is 0 Å². The zero-order chi connectivity index (χ0) is 19.2. The SMILES string of the molecule is O=C(NCc1cc(Br)ccc1OC(F)F)c1cn(Cc2ccccc2)nn1. The second-order valence-corrected chi connectivity index (χ2v) is 6.52. The molecular weight excluding hydrogens is 422 g/mol. The van der Waals surface area contributed by atoms with Gasteiger partial charge in [0.1, 0.15) is 5.75 Å². The minimum absolute atomic E-state index is 0.00114. The number of amides is 1. The minimum Gasteiger partial charge on any atom is -0.434 e. The number of benzene rings is 2.